The van der Waals surface area contributed by atoms with Crippen molar-refractivity contribution in [3.63, 3.8) is 0 Å². The van der Waals surface area contributed by atoms with Crippen LogP contribution >= 0.6 is 7.60 Å². The molecule has 0 heterocycles. The Morgan fingerprint density at radius 3 is 2.53 bits per heavy atom. The standard InChI is InChI=1S/C8H11O5PSi/c9-8(14(10,11)12)13-5-6-3-1-2-4-7(6)15/h1-4H,5H2,15H3,(H2,10,11,12). The first-order valence-corrected chi connectivity index (χ1v) is 6.80. The third-order valence-corrected chi connectivity index (χ3v) is 3.43. The Bertz CT molecular complexity index is 413. The van der Waals surface area contributed by atoms with Crippen molar-refractivity contribution in [3.8, 4) is 0 Å². The molecule has 0 amide bonds. The molecular weight excluding hydrogens is 235 g/mol. The maximum Gasteiger partial charge on any atom is 0.433 e. The summed E-state index contributed by atoms with van der Waals surface area (Å²) in [5, 5.41) is 1.04. The van der Waals surface area contributed by atoms with Crippen molar-refractivity contribution in [2.24, 2.45) is 0 Å². The number of rotatable bonds is 3. The van der Waals surface area contributed by atoms with Crippen molar-refractivity contribution < 1.29 is 23.9 Å². The Balaban J connectivity index is 2.63. The molecule has 1 rings (SSSR count). The van der Waals surface area contributed by atoms with Gasteiger partial charge in [0.05, 0.1) is 0 Å². The van der Waals surface area contributed by atoms with E-state index in [1.165, 1.54) is 0 Å². The SMILES string of the molecule is O=C(OCc1ccccc1[SiH3])P(=O)(O)O. The van der Waals surface area contributed by atoms with Gasteiger partial charge in [-0.15, -0.1) is 0 Å². The number of carbonyl (C=O) groups is 1. The maximum absolute atomic E-state index is 10.8. The van der Waals surface area contributed by atoms with Gasteiger partial charge in [0.2, 0.25) is 0 Å². The second-order valence-electron chi connectivity index (χ2n) is 3.03. The second-order valence-corrected chi connectivity index (χ2v) is 5.56. The van der Waals surface area contributed by atoms with Crippen LogP contribution in [-0.4, -0.2) is 25.7 Å². The molecule has 0 saturated heterocycles. The maximum atomic E-state index is 10.8. The molecule has 82 valence electrons. The van der Waals surface area contributed by atoms with Crippen LogP contribution in [0.3, 0.4) is 0 Å². The Kier molecular flexibility index (Phi) is 3.81. The average molecular weight is 246 g/mol. The van der Waals surface area contributed by atoms with E-state index >= 15 is 0 Å². The molecule has 0 aromatic heterocycles. The minimum Gasteiger partial charge on any atom is -0.452 e. The molecule has 0 atom stereocenters. The van der Waals surface area contributed by atoms with E-state index in [2.05, 4.69) is 4.74 Å². The third-order valence-electron chi connectivity index (χ3n) is 1.85. The van der Waals surface area contributed by atoms with Crippen LogP contribution in [0.2, 0.25) is 0 Å². The van der Waals surface area contributed by atoms with Gasteiger partial charge >= 0.3 is 13.3 Å². The average Bonchev–Trinajstić information content (AvgIpc) is 2.14. The molecule has 0 aliphatic heterocycles. The minimum absolute atomic E-state index is 0.0936. The first kappa shape index (κ1) is 12.1. The molecule has 0 fully saturated rings. The largest absolute Gasteiger partial charge is 0.452 e. The van der Waals surface area contributed by atoms with Crippen molar-refractivity contribution >= 4 is 28.7 Å². The molecule has 7 heteroatoms. The minimum atomic E-state index is -4.76. The number of benzene rings is 1. The normalized spacial score (nSPS) is 11.3. The summed E-state index contributed by atoms with van der Waals surface area (Å²) in [6.07, 6.45) is 0. The first-order chi connectivity index (χ1) is 6.91. The summed E-state index contributed by atoms with van der Waals surface area (Å²) in [4.78, 5) is 27.7. The van der Waals surface area contributed by atoms with Gasteiger partial charge in [-0.1, -0.05) is 29.5 Å². The van der Waals surface area contributed by atoms with Gasteiger partial charge in [0, 0.05) is 10.2 Å². The molecule has 5 nitrogen and oxygen atoms in total. The topological polar surface area (TPSA) is 83.8 Å². The molecule has 15 heavy (non-hydrogen) atoms. The van der Waals surface area contributed by atoms with Crippen LogP contribution in [0, 0.1) is 0 Å². The van der Waals surface area contributed by atoms with E-state index in [1.807, 2.05) is 12.1 Å². The molecule has 0 aliphatic carbocycles. The lowest BCUT2D eigenvalue weighted by atomic mass is 10.2. The lowest BCUT2D eigenvalue weighted by Gasteiger charge is -2.07. The fourth-order valence-electron chi connectivity index (χ4n) is 0.996. The van der Waals surface area contributed by atoms with Crippen LogP contribution < -0.4 is 5.19 Å². The van der Waals surface area contributed by atoms with Crippen LogP contribution in [0.1, 0.15) is 5.56 Å². The molecule has 1 aromatic carbocycles. The summed E-state index contributed by atoms with van der Waals surface area (Å²) in [6.45, 7) is -0.0936. The highest BCUT2D eigenvalue weighted by molar-refractivity contribution is 7.69. The van der Waals surface area contributed by atoms with Gasteiger partial charge in [0.1, 0.15) is 6.61 Å². The number of carbonyl (C=O) groups excluding carboxylic acids is 1. The van der Waals surface area contributed by atoms with Crippen molar-refractivity contribution in [2.75, 3.05) is 0 Å². The molecule has 0 bridgehead atoms. The van der Waals surface area contributed by atoms with Crippen LogP contribution in [0.15, 0.2) is 24.3 Å². The van der Waals surface area contributed by atoms with E-state index in [1.54, 1.807) is 12.1 Å². The van der Waals surface area contributed by atoms with E-state index < -0.39 is 13.3 Å². The molecule has 0 radical (unpaired) electrons. The number of hydrogen-bond acceptors (Lipinski definition) is 3. The van der Waals surface area contributed by atoms with Gasteiger partial charge < -0.3 is 14.5 Å². The van der Waals surface area contributed by atoms with Crippen LogP contribution in [0.4, 0.5) is 4.79 Å². The monoisotopic (exact) mass is 246 g/mol. The Morgan fingerprint density at radius 1 is 1.40 bits per heavy atom. The zero-order valence-corrected chi connectivity index (χ0v) is 11.0. The van der Waals surface area contributed by atoms with Crippen molar-refractivity contribution in [1.82, 2.24) is 0 Å². The van der Waals surface area contributed by atoms with Gasteiger partial charge in [-0.3, -0.25) is 0 Å². The van der Waals surface area contributed by atoms with Crippen LogP contribution in [-0.2, 0) is 15.9 Å². The Morgan fingerprint density at radius 2 is 2.00 bits per heavy atom. The molecule has 0 spiro atoms. The zero-order valence-electron chi connectivity index (χ0n) is 8.08. The highest BCUT2D eigenvalue weighted by atomic mass is 31.2. The van der Waals surface area contributed by atoms with Crippen molar-refractivity contribution in [2.45, 2.75) is 6.61 Å². The molecule has 0 aliphatic rings. The lowest BCUT2D eigenvalue weighted by Crippen LogP contribution is -2.12. The predicted octanol–water partition coefficient (Wildman–Crippen LogP) is -0.508. The predicted molar refractivity (Wildman–Crippen MR) is 58.2 cm³/mol. The molecule has 0 saturated carbocycles. The zero-order chi connectivity index (χ0) is 11.5. The summed E-state index contributed by atoms with van der Waals surface area (Å²) < 4.78 is 15.0. The first-order valence-electron chi connectivity index (χ1n) is 4.18. The lowest BCUT2D eigenvalue weighted by molar-refractivity contribution is 0.157. The second kappa shape index (κ2) is 4.72. The number of hydrogen-bond donors (Lipinski definition) is 2. The van der Waals surface area contributed by atoms with Crippen LogP contribution in [0.25, 0.3) is 0 Å². The van der Waals surface area contributed by atoms with E-state index in [0.717, 1.165) is 21.0 Å². The smallest absolute Gasteiger partial charge is 0.433 e. The Labute approximate surface area is 89.7 Å². The van der Waals surface area contributed by atoms with E-state index in [9.17, 15) is 9.36 Å². The van der Waals surface area contributed by atoms with Crippen molar-refractivity contribution in [1.29, 1.82) is 0 Å². The van der Waals surface area contributed by atoms with E-state index in [-0.39, 0.29) is 6.61 Å². The third kappa shape index (κ3) is 3.60. The summed E-state index contributed by atoms with van der Waals surface area (Å²) in [6, 6.07) is 7.28. The molecule has 0 unspecified atom stereocenters. The van der Waals surface area contributed by atoms with Crippen LogP contribution in [0.5, 0.6) is 0 Å². The van der Waals surface area contributed by atoms with Gasteiger partial charge in [0.15, 0.2) is 0 Å². The molecule has 2 N–H and O–H groups in total. The Hall–Kier alpha value is -0.943. The summed E-state index contributed by atoms with van der Waals surface area (Å²) >= 11 is 0. The van der Waals surface area contributed by atoms with Gasteiger partial charge in [-0.05, 0) is 5.56 Å². The quantitative estimate of drug-likeness (QED) is 0.554. The highest BCUT2D eigenvalue weighted by Crippen LogP contribution is 2.37. The summed E-state index contributed by atoms with van der Waals surface area (Å²) in [7, 11) is -3.97. The molecule has 1 aromatic rings. The highest BCUT2D eigenvalue weighted by Gasteiger charge is 2.27. The fourth-order valence-corrected chi connectivity index (χ4v) is 1.73. The molecular formula is C8H11O5PSi. The summed E-state index contributed by atoms with van der Waals surface area (Å²) in [5.41, 5.74) is -0.696. The van der Waals surface area contributed by atoms with E-state index in [0.29, 0.717) is 0 Å². The van der Waals surface area contributed by atoms with E-state index in [4.69, 9.17) is 9.79 Å². The van der Waals surface area contributed by atoms with Gasteiger partial charge in [-0.25, -0.2) is 9.36 Å². The van der Waals surface area contributed by atoms with Crippen molar-refractivity contribution in [3.05, 3.63) is 29.8 Å². The summed E-state index contributed by atoms with van der Waals surface area (Å²) in [5.74, 6) is 0. The van der Waals surface area contributed by atoms with Gasteiger partial charge in [0.25, 0.3) is 0 Å². The van der Waals surface area contributed by atoms with Gasteiger partial charge in [-0.2, -0.15) is 0 Å². The fraction of sp³-hybridized carbons (Fsp3) is 0.125. The number of ether oxygens (including phenoxy) is 1.